The molecule has 172 valence electrons. The predicted octanol–water partition coefficient (Wildman–Crippen LogP) is 4.14. The number of aryl methyl sites for hydroxylation is 1. The van der Waals surface area contributed by atoms with Crippen LogP contribution in [0, 0.1) is 6.92 Å². The van der Waals surface area contributed by atoms with Gasteiger partial charge in [-0.2, -0.15) is 0 Å². The Morgan fingerprint density at radius 2 is 1.88 bits per heavy atom. The number of benzene rings is 2. The van der Waals surface area contributed by atoms with Crippen LogP contribution in [0.4, 0.5) is 5.69 Å². The van der Waals surface area contributed by atoms with E-state index in [4.69, 9.17) is 9.47 Å². The quantitative estimate of drug-likeness (QED) is 0.587. The van der Waals surface area contributed by atoms with Gasteiger partial charge in [0.25, 0.3) is 11.8 Å². The lowest BCUT2D eigenvalue weighted by Crippen LogP contribution is -2.39. The number of ether oxygens (including phenoxy) is 2. The fraction of sp³-hybridized carbons (Fsp3) is 0.333. The van der Waals surface area contributed by atoms with Gasteiger partial charge in [-0.15, -0.1) is 10.2 Å². The molecule has 3 aromatic rings. The van der Waals surface area contributed by atoms with Crippen molar-refractivity contribution >= 4 is 28.8 Å². The first kappa shape index (κ1) is 22.7. The Bertz CT molecular complexity index is 1150. The van der Waals surface area contributed by atoms with Gasteiger partial charge in [-0.3, -0.25) is 9.59 Å². The van der Waals surface area contributed by atoms with Crippen LogP contribution < -0.4 is 14.8 Å². The van der Waals surface area contributed by atoms with Crippen LogP contribution in [0.2, 0.25) is 0 Å². The monoisotopic (exact) mass is 466 g/mol. The molecule has 0 radical (unpaired) electrons. The van der Waals surface area contributed by atoms with E-state index < -0.39 is 0 Å². The minimum atomic E-state index is -0.283. The van der Waals surface area contributed by atoms with E-state index in [9.17, 15) is 9.59 Å². The first-order valence-electron chi connectivity index (χ1n) is 10.7. The predicted molar refractivity (Wildman–Crippen MR) is 126 cm³/mol. The van der Waals surface area contributed by atoms with E-state index in [0.29, 0.717) is 40.8 Å². The SMILES string of the molecule is COc1ccc(C(=O)N2CCC[C@@H](c3nnc(C(=O)Nc4ccc(C)cc4)s3)C2)c(OC)c1. The molecule has 33 heavy (non-hydrogen) atoms. The minimum Gasteiger partial charge on any atom is -0.497 e. The molecule has 0 aliphatic carbocycles. The van der Waals surface area contributed by atoms with Crippen molar-refractivity contribution < 1.29 is 19.1 Å². The molecule has 1 N–H and O–H groups in total. The van der Waals surface area contributed by atoms with Gasteiger partial charge in [0, 0.05) is 30.8 Å². The van der Waals surface area contributed by atoms with Crippen LogP contribution in [0.3, 0.4) is 0 Å². The molecular weight excluding hydrogens is 440 g/mol. The average Bonchev–Trinajstić information content (AvgIpc) is 3.35. The fourth-order valence-corrected chi connectivity index (χ4v) is 4.69. The van der Waals surface area contributed by atoms with Crippen LogP contribution in [-0.2, 0) is 0 Å². The lowest BCUT2D eigenvalue weighted by Gasteiger charge is -2.32. The number of amides is 2. The smallest absolute Gasteiger partial charge is 0.286 e. The van der Waals surface area contributed by atoms with Crippen molar-refractivity contribution in [3.05, 3.63) is 63.6 Å². The number of carbonyl (C=O) groups is 2. The summed E-state index contributed by atoms with van der Waals surface area (Å²) in [5.41, 5.74) is 2.33. The van der Waals surface area contributed by atoms with E-state index in [2.05, 4.69) is 15.5 Å². The topological polar surface area (TPSA) is 93.7 Å². The number of methoxy groups -OCH3 is 2. The molecule has 0 spiro atoms. The Morgan fingerprint density at radius 3 is 2.61 bits per heavy atom. The zero-order chi connectivity index (χ0) is 23.4. The molecule has 1 atom stereocenters. The molecule has 1 fully saturated rings. The number of aromatic nitrogens is 2. The molecule has 1 aliphatic rings. The fourth-order valence-electron chi connectivity index (χ4n) is 3.82. The summed E-state index contributed by atoms with van der Waals surface area (Å²) < 4.78 is 10.6. The molecule has 8 nitrogen and oxygen atoms in total. The second-order valence-electron chi connectivity index (χ2n) is 7.92. The third kappa shape index (κ3) is 5.14. The number of nitrogens with one attached hydrogen (secondary N) is 1. The van der Waals surface area contributed by atoms with Crippen molar-refractivity contribution in [1.29, 1.82) is 0 Å². The number of anilines is 1. The van der Waals surface area contributed by atoms with E-state index in [0.717, 1.165) is 23.4 Å². The number of rotatable bonds is 6. The van der Waals surface area contributed by atoms with E-state index in [1.807, 2.05) is 36.1 Å². The molecular formula is C24H26N4O4S. The van der Waals surface area contributed by atoms with Crippen LogP contribution in [0.1, 0.15) is 49.5 Å². The molecule has 1 saturated heterocycles. The number of likely N-dealkylation sites (tertiary alicyclic amines) is 1. The van der Waals surface area contributed by atoms with Crippen molar-refractivity contribution in [2.45, 2.75) is 25.7 Å². The van der Waals surface area contributed by atoms with Gasteiger partial charge in [0.2, 0.25) is 5.01 Å². The van der Waals surface area contributed by atoms with Gasteiger partial charge in [0.15, 0.2) is 0 Å². The summed E-state index contributed by atoms with van der Waals surface area (Å²) in [4.78, 5) is 27.6. The number of nitrogens with zero attached hydrogens (tertiary/aromatic N) is 3. The number of piperidine rings is 1. The normalized spacial score (nSPS) is 15.7. The van der Waals surface area contributed by atoms with Crippen LogP contribution in [-0.4, -0.2) is 54.2 Å². The highest BCUT2D eigenvalue weighted by molar-refractivity contribution is 7.13. The maximum atomic E-state index is 13.2. The zero-order valence-electron chi connectivity index (χ0n) is 18.8. The maximum absolute atomic E-state index is 13.2. The first-order chi connectivity index (χ1) is 16.0. The summed E-state index contributed by atoms with van der Waals surface area (Å²) in [6, 6.07) is 12.8. The molecule has 0 bridgehead atoms. The van der Waals surface area contributed by atoms with Crippen LogP contribution in [0.5, 0.6) is 11.5 Å². The molecule has 4 rings (SSSR count). The second kappa shape index (κ2) is 9.99. The van der Waals surface area contributed by atoms with Gasteiger partial charge in [-0.05, 0) is 44.0 Å². The van der Waals surface area contributed by atoms with E-state index in [-0.39, 0.29) is 17.7 Å². The second-order valence-corrected chi connectivity index (χ2v) is 8.93. The van der Waals surface area contributed by atoms with E-state index in [1.54, 1.807) is 25.3 Å². The number of carbonyl (C=O) groups excluding carboxylic acids is 2. The summed E-state index contributed by atoms with van der Waals surface area (Å²) in [5, 5.41) is 12.3. The van der Waals surface area contributed by atoms with Crippen molar-refractivity contribution in [1.82, 2.24) is 15.1 Å². The lowest BCUT2D eigenvalue weighted by atomic mass is 9.98. The lowest BCUT2D eigenvalue weighted by molar-refractivity contribution is 0.0703. The van der Waals surface area contributed by atoms with Gasteiger partial charge in [-0.25, -0.2) is 0 Å². The standard InChI is InChI=1S/C24H26N4O4S/c1-15-6-8-17(9-7-15)25-21(29)23-27-26-22(33-23)16-5-4-12-28(14-16)24(30)19-11-10-18(31-2)13-20(19)32-3/h6-11,13,16H,4-5,12,14H2,1-3H3,(H,25,29)/t16-/m1/s1. The highest BCUT2D eigenvalue weighted by Crippen LogP contribution is 2.32. The van der Waals surface area contributed by atoms with Crippen LogP contribution in [0.15, 0.2) is 42.5 Å². The van der Waals surface area contributed by atoms with Gasteiger partial charge in [0.05, 0.1) is 19.8 Å². The van der Waals surface area contributed by atoms with Crippen LogP contribution >= 0.6 is 11.3 Å². The van der Waals surface area contributed by atoms with Gasteiger partial charge < -0.3 is 19.7 Å². The van der Waals surface area contributed by atoms with E-state index in [1.165, 1.54) is 18.4 Å². The van der Waals surface area contributed by atoms with Crippen molar-refractivity contribution in [2.75, 3.05) is 32.6 Å². The van der Waals surface area contributed by atoms with Crippen LogP contribution in [0.25, 0.3) is 0 Å². The molecule has 1 aliphatic heterocycles. The summed E-state index contributed by atoms with van der Waals surface area (Å²) in [7, 11) is 3.11. The Morgan fingerprint density at radius 1 is 1.09 bits per heavy atom. The Balaban J connectivity index is 1.45. The van der Waals surface area contributed by atoms with Crippen molar-refractivity contribution in [2.24, 2.45) is 0 Å². The molecule has 9 heteroatoms. The van der Waals surface area contributed by atoms with Crippen molar-refractivity contribution in [3.63, 3.8) is 0 Å². The molecule has 0 saturated carbocycles. The van der Waals surface area contributed by atoms with E-state index >= 15 is 0 Å². The molecule has 2 heterocycles. The molecule has 1 aromatic heterocycles. The van der Waals surface area contributed by atoms with Gasteiger partial charge in [-0.1, -0.05) is 29.0 Å². The number of hydrogen-bond acceptors (Lipinski definition) is 7. The largest absolute Gasteiger partial charge is 0.497 e. The highest BCUT2D eigenvalue weighted by Gasteiger charge is 2.30. The molecule has 0 unspecified atom stereocenters. The van der Waals surface area contributed by atoms with Gasteiger partial charge >= 0.3 is 0 Å². The van der Waals surface area contributed by atoms with Gasteiger partial charge in [0.1, 0.15) is 16.5 Å². The minimum absolute atomic E-state index is 0.0327. The Kier molecular flexibility index (Phi) is 6.88. The Labute approximate surface area is 196 Å². The number of hydrogen-bond donors (Lipinski definition) is 1. The molecule has 2 aromatic carbocycles. The average molecular weight is 467 g/mol. The summed E-state index contributed by atoms with van der Waals surface area (Å²) in [5.74, 6) is 0.762. The zero-order valence-corrected chi connectivity index (χ0v) is 19.6. The Hall–Kier alpha value is -3.46. The highest BCUT2D eigenvalue weighted by atomic mass is 32.1. The van der Waals surface area contributed by atoms with Crippen molar-refractivity contribution in [3.8, 4) is 11.5 Å². The summed E-state index contributed by atoms with van der Waals surface area (Å²) in [6.07, 6.45) is 1.73. The third-order valence-corrected chi connectivity index (χ3v) is 6.73. The summed E-state index contributed by atoms with van der Waals surface area (Å²) >= 11 is 1.28. The third-order valence-electron chi connectivity index (χ3n) is 5.64. The summed E-state index contributed by atoms with van der Waals surface area (Å²) in [6.45, 7) is 3.16. The molecule has 2 amide bonds. The first-order valence-corrected chi connectivity index (χ1v) is 11.5. The maximum Gasteiger partial charge on any atom is 0.286 e.